The third-order valence-electron chi connectivity index (χ3n) is 5.73. The minimum Gasteiger partial charge on any atom is -0.467 e. The number of benzene rings is 1. The van der Waals surface area contributed by atoms with Crippen LogP contribution in [0.15, 0.2) is 24.3 Å². The maximum absolute atomic E-state index is 13.2. The van der Waals surface area contributed by atoms with Crippen LogP contribution in [-0.4, -0.2) is 73.8 Å². The van der Waals surface area contributed by atoms with E-state index in [9.17, 15) is 24.0 Å². The Hall–Kier alpha value is -3.67. The van der Waals surface area contributed by atoms with E-state index in [1.165, 1.54) is 21.1 Å². The van der Waals surface area contributed by atoms with Crippen LogP contribution in [0.3, 0.4) is 0 Å². The molecular weight excluding hydrogens is 484 g/mol. The van der Waals surface area contributed by atoms with Crippen LogP contribution in [0.1, 0.15) is 51.3 Å². The molecule has 2 rings (SSSR count). The number of ether oxygens (including phenoxy) is 3. The quantitative estimate of drug-likeness (QED) is 0.285. The topological polar surface area (TPSA) is 161 Å². The van der Waals surface area contributed by atoms with Crippen LogP contribution < -0.4 is 21.3 Å². The van der Waals surface area contributed by atoms with E-state index in [1.807, 2.05) is 19.1 Å². The molecular formula is C25H36N4O8. The number of amides is 3. The molecule has 1 aromatic carbocycles. The zero-order valence-electron chi connectivity index (χ0n) is 22.2. The van der Waals surface area contributed by atoms with Gasteiger partial charge >= 0.3 is 18.0 Å². The van der Waals surface area contributed by atoms with E-state index in [0.717, 1.165) is 5.56 Å². The molecule has 12 nitrogen and oxygen atoms in total. The highest BCUT2D eigenvalue weighted by atomic mass is 16.6. The minimum atomic E-state index is -1.70. The molecule has 0 aliphatic carbocycles. The highest BCUT2D eigenvalue weighted by Crippen LogP contribution is 2.38. The van der Waals surface area contributed by atoms with E-state index in [-0.39, 0.29) is 6.42 Å². The Kier molecular flexibility index (Phi) is 9.62. The molecule has 0 bridgehead atoms. The summed E-state index contributed by atoms with van der Waals surface area (Å²) in [7, 11) is 2.38. The highest BCUT2D eigenvalue weighted by molar-refractivity contribution is 5.94. The van der Waals surface area contributed by atoms with Crippen LogP contribution in [-0.2, 0) is 33.4 Å². The minimum absolute atomic E-state index is 0.184. The van der Waals surface area contributed by atoms with Gasteiger partial charge in [-0.1, -0.05) is 29.8 Å². The summed E-state index contributed by atoms with van der Waals surface area (Å²) in [6.07, 6.45) is -0.987. The fourth-order valence-corrected chi connectivity index (χ4v) is 4.02. The Labute approximate surface area is 216 Å². The van der Waals surface area contributed by atoms with Gasteiger partial charge in [-0.2, -0.15) is 0 Å². The van der Waals surface area contributed by atoms with Crippen molar-refractivity contribution in [2.75, 3.05) is 20.8 Å². The van der Waals surface area contributed by atoms with Crippen LogP contribution in [0.4, 0.5) is 4.79 Å². The number of carbonyl (C=O) groups is 5. The first kappa shape index (κ1) is 29.6. The second-order valence-corrected chi connectivity index (χ2v) is 9.89. The lowest BCUT2D eigenvalue weighted by Crippen LogP contribution is -2.59. The zero-order valence-corrected chi connectivity index (χ0v) is 22.2. The van der Waals surface area contributed by atoms with Gasteiger partial charge in [0.15, 0.2) is 5.54 Å². The molecule has 12 heteroatoms. The maximum Gasteiger partial charge on any atom is 0.408 e. The molecule has 1 aliphatic rings. The van der Waals surface area contributed by atoms with E-state index >= 15 is 0 Å². The van der Waals surface area contributed by atoms with E-state index in [0.29, 0.717) is 5.56 Å². The molecule has 0 saturated carbocycles. The first-order chi connectivity index (χ1) is 17.2. The van der Waals surface area contributed by atoms with Crippen molar-refractivity contribution in [2.24, 2.45) is 0 Å². The number of nitrogens with one attached hydrogen (secondary N) is 4. The number of methoxy groups -OCH3 is 2. The third kappa shape index (κ3) is 7.66. The average Bonchev–Trinajstić information content (AvgIpc) is 3.21. The molecule has 0 radical (unpaired) electrons. The van der Waals surface area contributed by atoms with E-state index in [1.54, 1.807) is 32.9 Å². The zero-order chi connectivity index (χ0) is 28.0. The molecule has 0 spiro atoms. The standard InChI is InChI=1S/C25H36N4O8/c1-14-8-10-16(11-9-14)19-25(22(33)36-7,29-18(30)13-26-23(34)37-24(3,4)5)12-17(28-19)20(31)27-15(2)21(32)35-6/h8-11,15,17,19,28H,12-13H2,1-7H3,(H,26,34)(H,27,31)(H,29,30)/t15-,17+,19+,25-/m0/s1. The lowest BCUT2D eigenvalue weighted by molar-refractivity contribution is -0.151. The van der Waals surface area contributed by atoms with Gasteiger partial charge in [-0.15, -0.1) is 0 Å². The molecule has 37 heavy (non-hydrogen) atoms. The largest absolute Gasteiger partial charge is 0.467 e. The highest BCUT2D eigenvalue weighted by Gasteiger charge is 2.57. The Morgan fingerprint density at radius 1 is 1.08 bits per heavy atom. The Morgan fingerprint density at radius 2 is 1.70 bits per heavy atom. The number of esters is 2. The summed E-state index contributed by atoms with van der Waals surface area (Å²) >= 11 is 0. The Bertz CT molecular complexity index is 1020. The summed E-state index contributed by atoms with van der Waals surface area (Å²) in [4.78, 5) is 62.9. The van der Waals surface area contributed by atoms with Crippen molar-refractivity contribution in [3.63, 3.8) is 0 Å². The SMILES string of the molecule is COC(=O)[C@H](C)NC(=O)[C@H]1C[C@@](NC(=O)CNC(=O)OC(C)(C)C)(C(=O)OC)[C@@H](c2ccc(C)cc2)N1. The summed E-state index contributed by atoms with van der Waals surface area (Å²) in [5.74, 6) is -2.68. The van der Waals surface area contributed by atoms with Crippen molar-refractivity contribution in [1.82, 2.24) is 21.3 Å². The molecule has 1 aromatic rings. The molecule has 3 amide bonds. The lowest BCUT2D eigenvalue weighted by Gasteiger charge is -2.33. The molecule has 4 N–H and O–H groups in total. The van der Waals surface area contributed by atoms with Gasteiger partial charge in [-0.25, -0.2) is 14.4 Å². The van der Waals surface area contributed by atoms with E-state index in [4.69, 9.17) is 9.47 Å². The van der Waals surface area contributed by atoms with Crippen molar-refractivity contribution in [2.45, 2.75) is 70.3 Å². The number of carbonyl (C=O) groups excluding carboxylic acids is 5. The number of rotatable bonds is 8. The summed E-state index contributed by atoms with van der Waals surface area (Å²) in [5, 5.41) is 10.7. The second kappa shape index (κ2) is 12.0. The molecule has 204 valence electrons. The first-order valence-electron chi connectivity index (χ1n) is 11.8. The fourth-order valence-electron chi connectivity index (χ4n) is 4.02. The molecule has 4 atom stereocenters. The third-order valence-corrected chi connectivity index (χ3v) is 5.73. The molecule has 1 saturated heterocycles. The van der Waals surface area contributed by atoms with Crippen LogP contribution in [0.25, 0.3) is 0 Å². The number of hydrogen-bond donors (Lipinski definition) is 4. The van der Waals surface area contributed by atoms with Gasteiger partial charge in [0.25, 0.3) is 0 Å². The maximum atomic E-state index is 13.2. The van der Waals surface area contributed by atoms with Gasteiger partial charge in [0.1, 0.15) is 18.2 Å². The van der Waals surface area contributed by atoms with E-state index in [2.05, 4.69) is 26.0 Å². The van der Waals surface area contributed by atoms with Gasteiger partial charge in [-0.05, 0) is 40.2 Å². The van der Waals surface area contributed by atoms with Crippen LogP contribution in [0.5, 0.6) is 0 Å². The molecule has 0 aromatic heterocycles. The first-order valence-corrected chi connectivity index (χ1v) is 11.8. The number of hydrogen-bond acceptors (Lipinski definition) is 9. The van der Waals surface area contributed by atoms with Crippen molar-refractivity contribution in [1.29, 1.82) is 0 Å². The van der Waals surface area contributed by atoms with Crippen LogP contribution >= 0.6 is 0 Å². The molecule has 1 aliphatic heterocycles. The molecule has 0 unspecified atom stereocenters. The van der Waals surface area contributed by atoms with Crippen LogP contribution in [0.2, 0.25) is 0 Å². The van der Waals surface area contributed by atoms with Gasteiger partial charge < -0.3 is 30.2 Å². The number of aryl methyl sites for hydroxylation is 1. The predicted octanol–water partition coefficient (Wildman–Crippen LogP) is 0.628. The van der Waals surface area contributed by atoms with Crippen LogP contribution in [0, 0.1) is 6.92 Å². The molecule has 1 fully saturated rings. The van der Waals surface area contributed by atoms with Gasteiger partial charge in [0.05, 0.1) is 26.3 Å². The van der Waals surface area contributed by atoms with Gasteiger partial charge in [0.2, 0.25) is 11.8 Å². The van der Waals surface area contributed by atoms with E-state index < -0.39 is 65.7 Å². The molecule has 1 heterocycles. The summed E-state index contributed by atoms with van der Waals surface area (Å²) in [6, 6.07) is 4.43. The summed E-state index contributed by atoms with van der Waals surface area (Å²) < 4.78 is 14.9. The van der Waals surface area contributed by atoms with Gasteiger partial charge in [0, 0.05) is 6.42 Å². The number of alkyl carbamates (subject to hydrolysis) is 1. The summed E-state index contributed by atoms with van der Waals surface area (Å²) in [6.45, 7) is 7.93. The van der Waals surface area contributed by atoms with Crippen molar-refractivity contribution in [3.8, 4) is 0 Å². The Morgan fingerprint density at radius 3 is 2.24 bits per heavy atom. The lowest BCUT2D eigenvalue weighted by atomic mass is 9.84. The fraction of sp³-hybridized carbons (Fsp3) is 0.560. The van der Waals surface area contributed by atoms with Crippen molar-refractivity contribution < 1.29 is 38.2 Å². The normalized spacial score (nSPS) is 21.8. The van der Waals surface area contributed by atoms with Crippen molar-refractivity contribution >= 4 is 29.8 Å². The smallest absolute Gasteiger partial charge is 0.408 e. The van der Waals surface area contributed by atoms with Crippen molar-refractivity contribution in [3.05, 3.63) is 35.4 Å². The summed E-state index contributed by atoms with van der Waals surface area (Å²) in [5.41, 5.74) is -0.876. The Balaban J connectivity index is 2.35. The monoisotopic (exact) mass is 520 g/mol. The average molecular weight is 521 g/mol. The second-order valence-electron chi connectivity index (χ2n) is 9.89. The van der Waals surface area contributed by atoms with Gasteiger partial charge in [-0.3, -0.25) is 14.9 Å². The predicted molar refractivity (Wildman–Crippen MR) is 132 cm³/mol.